The standard InChI is InChI=1S/C30H34N4O5S.C25H26N4O3S.C21H25N3O3S.C9H13NO3.ClH/c1-16-23(31-17(2)25(16)28(36)38-6)14-21-20-13-19(7-8-22(20)32-26(21)35)24-15-40-27(33-24)18-9-11-34(12-10-18)29(37)39-30(3,4)5;1-13-20(27-14(2)22(13)25(31)32-3)11-18-17-10-16(4-5-19(17)28-23(18)30)21-12-33-24(29-21)15-6-8-26-9-7-15;1-21(2,3)27-20(26)24-8-6-13(7-9-24)19-23-17(12-28-19)14-4-5-16-15(10-14)11-18(25)22-16;1-5-7(9(11)13-4)6(2)10-8(5)12-3;/h7-8,13-15,18,31H,9-12H2,1-6H3,(H,32,35);4-5,10-12,15,26-27H,6-9H2,1-3H3,(H,28,30);4-5,10,12-13H,6-9,11H2,1-3H3,(H,22,25);10H,1-4H3;1H/b21-14-;18-11-;;;. The van der Waals surface area contributed by atoms with Crippen LogP contribution in [0.1, 0.15) is 206 Å². The first kappa shape index (κ1) is 85.2. The summed E-state index contributed by atoms with van der Waals surface area (Å²) in [5.74, 6) is 0.318. The SMILES string of the molecule is CC(C)(C)OC(=O)N1CCC(c2nc(-c3ccc4c(c3)CC(=O)N4)cs2)CC1.COC(=O)c1c(C)[nH]c(/C=C2\C(=O)Nc3ccc(-c4csc(C5CCN(C(=O)OC(C)(C)C)CC5)n4)cc32)c1C.COC(=O)c1c(C)[nH]c(/C=C2\C(=O)Nc3ccc(-c4csc(C5CCNCC5)n4)cc32)c1C.COC(=O)c1c(C)[nH]c(OC)c1C.Cl. The molecule has 6 aliphatic rings. The van der Waals surface area contributed by atoms with Crippen molar-refractivity contribution in [3.8, 4) is 39.7 Å². The van der Waals surface area contributed by atoms with Gasteiger partial charge in [-0.3, -0.25) is 14.4 Å². The van der Waals surface area contributed by atoms with Gasteiger partial charge in [-0.05, 0) is 200 Å². The monoisotopic (exact) mass is 1640 g/mol. The minimum atomic E-state index is -0.506. The number of hydrogen-bond acceptors (Lipinski definition) is 21. The van der Waals surface area contributed by atoms with Gasteiger partial charge < -0.3 is 74.4 Å². The molecule has 0 aliphatic carbocycles. The van der Waals surface area contributed by atoms with Crippen molar-refractivity contribution in [3.63, 3.8) is 0 Å². The smallest absolute Gasteiger partial charge is 0.410 e. The Morgan fingerprint density at radius 2 is 0.843 bits per heavy atom. The van der Waals surface area contributed by atoms with Crippen molar-refractivity contribution in [3.05, 3.63) is 164 Å². The van der Waals surface area contributed by atoms with E-state index in [0.717, 1.165) is 157 Å². The van der Waals surface area contributed by atoms with Crippen molar-refractivity contribution in [2.75, 3.05) is 83.7 Å². The number of ether oxygens (including phenoxy) is 6. The van der Waals surface area contributed by atoms with Crippen molar-refractivity contribution in [2.24, 2.45) is 0 Å². The number of carbonyl (C=O) groups excluding carboxylic acids is 8. The second-order valence-corrected chi connectivity index (χ2v) is 33.6. The van der Waals surface area contributed by atoms with Gasteiger partial charge in [0.2, 0.25) is 5.91 Å². The van der Waals surface area contributed by atoms with Crippen LogP contribution >= 0.6 is 46.4 Å². The predicted molar refractivity (Wildman–Crippen MR) is 451 cm³/mol. The highest BCUT2D eigenvalue weighted by molar-refractivity contribution is 7.10. The van der Waals surface area contributed by atoms with Crippen LogP contribution in [0.2, 0.25) is 0 Å². The van der Waals surface area contributed by atoms with Crippen LogP contribution in [0.15, 0.2) is 70.7 Å². The van der Waals surface area contributed by atoms with Crippen LogP contribution in [0.4, 0.5) is 26.7 Å². The second-order valence-electron chi connectivity index (χ2n) is 30.9. The number of aromatic amines is 3. The van der Waals surface area contributed by atoms with Crippen LogP contribution in [-0.4, -0.2) is 166 Å². The average molecular weight is 1640 g/mol. The number of carbonyl (C=O) groups is 8. The van der Waals surface area contributed by atoms with Crippen LogP contribution in [0.5, 0.6) is 5.88 Å². The fourth-order valence-electron chi connectivity index (χ4n) is 14.8. The van der Waals surface area contributed by atoms with Crippen molar-refractivity contribution < 1.29 is 66.8 Å². The molecule has 9 aromatic rings. The third-order valence-electron chi connectivity index (χ3n) is 20.8. The van der Waals surface area contributed by atoms with Crippen LogP contribution in [0.25, 0.3) is 57.1 Å². The third kappa shape index (κ3) is 19.5. The number of aromatic nitrogens is 6. The van der Waals surface area contributed by atoms with Gasteiger partial charge in [0.25, 0.3) is 11.8 Å². The minimum absolute atomic E-state index is 0. The molecule has 0 radical (unpaired) electrons. The highest BCUT2D eigenvalue weighted by Gasteiger charge is 2.34. The molecular weight excluding hydrogens is 1540 g/mol. The fraction of sp³-hybridized carbons (Fsp3) is 0.400. The quantitative estimate of drug-likeness (QED) is 0.0339. The lowest BCUT2D eigenvalue weighted by molar-refractivity contribution is -0.115. The molecular formula is C85H99ClN12O14S3. The van der Waals surface area contributed by atoms with Gasteiger partial charge in [-0.25, -0.2) is 38.9 Å². The molecule has 0 bridgehead atoms. The minimum Gasteiger partial charge on any atom is -0.482 e. The number of amides is 5. The summed E-state index contributed by atoms with van der Waals surface area (Å²) in [7, 11) is 5.63. The number of nitrogens with zero attached hydrogens (tertiary/aromatic N) is 5. The summed E-state index contributed by atoms with van der Waals surface area (Å²) in [6.45, 7) is 27.0. The predicted octanol–water partition coefficient (Wildman–Crippen LogP) is 16.9. The molecule has 3 aromatic carbocycles. The van der Waals surface area contributed by atoms with E-state index in [1.165, 1.54) is 26.3 Å². The molecule has 5 amide bonds. The van der Waals surface area contributed by atoms with E-state index >= 15 is 0 Å². The van der Waals surface area contributed by atoms with Gasteiger partial charge in [-0.15, -0.1) is 46.4 Å². The molecule has 0 unspecified atom stereocenters. The number of anilines is 3. The number of rotatable bonds is 12. The van der Waals surface area contributed by atoms with Gasteiger partial charge in [-0.1, -0.05) is 18.2 Å². The van der Waals surface area contributed by atoms with E-state index in [9.17, 15) is 38.4 Å². The van der Waals surface area contributed by atoms with Crippen LogP contribution in [0, 0.1) is 41.5 Å². The zero-order valence-corrected chi connectivity index (χ0v) is 70.9. The van der Waals surface area contributed by atoms with Crippen molar-refractivity contribution in [1.82, 2.24) is 45.0 Å². The lowest BCUT2D eigenvalue weighted by atomic mass is 9.97. The van der Waals surface area contributed by atoms with Crippen LogP contribution < -0.4 is 26.0 Å². The first-order valence-corrected chi connectivity index (χ1v) is 40.6. The number of fused-ring (bicyclic) bond motifs is 3. The Morgan fingerprint density at radius 3 is 1.22 bits per heavy atom. The zero-order valence-electron chi connectivity index (χ0n) is 67.6. The Bertz CT molecular complexity index is 5250. The summed E-state index contributed by atoms with van der Waals surface area (Å²) in [6.07, 6.45) is 9.23. The summed E-state index contributed by atoms with van der Waals surface area (Å²) in [5, 5.41) is 21.7. The molecule has 6 aliphatic heterocycles. The molecule has 0 spiro atoms. The number of methoxy groups -OCH3 is 4. The van der Waals surface area contributed by atoms with E-state index in [1.807, 2.05) is 137 Å². The van der Waals surface area contributed by atoms with Gasteiger partial charge >= 0.3 is 30.1 Å². The number of benzene rings is 3. The first-order chi connectivity index (χ1) is 54.3. The van der Waals surface area contributed by atoms with Gasteiger partial charge in [0.1, 0.15) is 11.2 Å². The molecule has 3 fully saturated rings. The van der Waals surface area contributed by atoms with Gasteiger partial charge in [0.05, 0.1) is 94.8 Å². The number of aryl methyl sites for hydroxylation is 3. The summed E-state index contributed by atoms with van der Waals surface area (Å²) in [5.41, 5.74) is 18.3. The second kappa shape index (κ2) is 36.0. The molecule has 608 valence electrons. The molecule has 0 atom stereocenters. The molecule has 115 heavy (non-hydrogen) atoms. The number of halogens is 1. The van der Waals surface area contributed by atoms with E-state index in [2.05, 4.69) is 57.8 Å². The first-order valence-electron chi connectivity index (χ1n) is 38.0. The number of nitrogens with one attached hydrogen (secondary N) is 7. The average Bonchev–Trinajstić information content (AvgIpc) is 1.64. The van der Waals surface area contributed by atoms with E-state index in [-0.39, 0.29) is 54.2 Å². The number of likely N-dealkylation sites (tertiary alicyclic amines) is 2. The Hall–Kier alpha value is -10.7. The number of hydrogen-bond donors (Lipinski definition) is 7. The summed E-state index contributed by atoms with van der Waals surface area (Å²) >= 11 is 5.02. The normalized spacial score (nSPS) is 16.1. The molecule has 15 rings (SSSR count). The molecule has 3 saturated heterocycles. The van der Waals surface area contributed by atoms with Gasteiger partial charge in [0.15, 0.2) is 5.88 Å². The number of esters is 3. The lowest BCUT2D eigenvalue weighted by Crippen LogP contribution is -2.41. The maximum absolute atomic E-state index is 12.9. The van der Waals surface area contributed by atoms with Crippen molar-refractivity contribution in [2.45, 2.75) is 157 Å². The van der Waals surface area contributed by atoms with E-state index in [1.54, 1.807) is 63.1 Å². The highest BCUT2D eigenvalue weighted by Crippen LogP contribution is 2.43. The fourth-order valence-corrected chi connectivity index (χ4v) is 17.8. The maximum Gasteiger partial charge on any atom is 0.410 e. The largest absolute Gasteiger partial charge is 0.482 e. The van der Waals surface area contributed by atoms with Crippen LogP contribution in [0.3, 0.4) is 0 Å². The molecule has 0 saturated carbocycles. The molecule has 26 nitrogen and oxygen atoms in total. The number of piperidine rings is 3. The Balaban J connectivity index is 0.000000159. The Kier molecular flexibility index (Phi) is 26.6. The molecule has 12 heterocycles. The van der Waals surface area contributed by atoms with E-state index in [0.29, 0.717) is 95.2 Å². The molecule has 7 N–H and O–H groups in total. The molecule has 6 aromatic heterocycles. The highest BCUT2D eigenvalue weighted by atomic mass is 35.5. The Morgan fingerprint density at radius 1 is 0.478 bits per heavy atom. The topological polar surface area (TPSA) is 333 Å². The summed E-state index contributed by atoms with van der Waals surface area (Å²) in [6, 6.07) is 17.8. The van der Waals surface area contributed by atoms with Gasteiger partial charge in [-0.2, -0.15) is 0 Å². The molecule has 30 heteroatoms. The number of H-pyrrole nitrogens is 3. The van der Waals surface area contributed by atoms with E-state index < -0.39 is 23.1 Å². The lowest BCUT2D eigenvalue weighted by Gasteiger charge is -2.32. The van der Waals surface area contributed by atoms with Crippen molar-refractivity contribution >= 4 is 135 Å². The summed E-state index contributed by atoms with van der Waals surface area (Å²) in [4.78, 5) is 125. The van der Waals surface area contributed by atoms with E-state index in [4.69, 9.17) is 38.6 Å². The summed E-state index contributed by atoms with van der Waals surface area (Å²) < 4.78 is 30.5. The zero-order chi connectivity index (χ0) is 81.8. The number of thiazole rings is 3. The third-order valence-corrected chi connectivity index (χ3v) is 23.8. The van der Waals surface area contributed by atoms with Crippen LogP contribution in [-0.2, 0) is 44.5 Å². The maximum atomic E-state index is 12.9. The Labute approximate surface area is 686 Å². The van der Waals surface area contributed by atoms with Gasteiger partial charge in [0, 0.05) is 139 Å². The van der Waals surface area contributed by atoms with Crippen molar-refractivity contribution in [1.29, 1.82) is 0 Å².